The molecular formula is C16H15N3O2. The quantitative estimate of drug-likeness (QED) is 0.405. The minimum atomic E-state index is -0.388. The van der Waals surface area contributed by atoms with Gasteiger partial charge in [0.15, 0.2) is 0 Å². The van der Waals surface area contributed by atoms with Gasteiger partial charge in [0.1, 0.15) is 0 Å². The lowest BCUT2D eigenvalue weighted by Gasteiger charge is -2.06. The molecule has 1 aliphatic rings. The summed E-state index contributed by atoms with van der Waals surface area (Å²) >= 11 is 0. The standard InChI is InChI=1S/C16H15N3O2/c1-11-9-13(19(20)21)7-8-14(11)18-16(15-10-17-15)12-5-3-2-4-6-12/h2-9,15,17H,10H2,1H3. The molecule has 3 rings (SSSR count). The van der Waals surface area contributed by atoms with E-state index >= 15 is 0 Å². The number of nitrogens with zero attached hydrogens (tertiary/aromatic N) is 2. The first kappa shape index (κ1) is 13.5. The van der Waals surface area contributed by atoms with Crippen molar-refractivity contribution in [1.29, 1.82) is 0 Å². The van der Waals surface area contributed by atoms with Crippen LogP contribution >= 0.6 is 0 Å². The number of nitro benzene ring substituents is 1. The number of benzene rings is 2. The van der Waals surface area contributed by atoms with Crippen LogP contribution in [0.2, 0.25) is 0 Å². The van der Waals surface area contributed by atoms with Gasteiger partial charge in [0, 0.05) is 18.7 Å². The SMILES string of the molecule is Cc1cc([N+](=O)[O-])ccc1N=C(c1ccccc1)C1CN1. The fraction of sp³-hybridized carbons (Fsp3) is 0.188. The van der Waals surface area contributed by atoms with Crippen molar-refractivity contribution in [1.82, 2.24) is 5.32 Å². The Hall–Kier alpha value is -2.53. The van der Waals surface area contributed by atoms with Gasteiger partial charge in [-0.25, -0.2) is 0 Å². The lowest BCUT2D eigenvalue weighted by atomic mass is 10.1. The van der Waals surface area contributed by atoms with Crippen LogP contribution in [0.3, 0.4) is 0 Å². The van der Waals surface area contributed by atoms with E-state index in [1.807, 2.05) is 37.3 Å². The highest BCUT2D eigenvalue weighted by Crippen LogP contribution is 2.25. The maximum absolute atomic E-state index is 10.8. The van der Waals surface area contributed by atoms with Crippen LogP contribution < -0.4 is 5.32 Å². The third kappa shape index (κ3) is 2.98. The van der Waals surface area contributed by atoms with E-state index in [9.17, 15) is 10.1 Å². The van der Waals surface area contributed by atoms with Crippen molar-refractivity contribution in [2.75, 3.05) is 6.54 Å². The Labute approximate surface area is 122 Å². The van der Waals surface area contributed by atoms with Crippen LogP contribution in [0.4, 0.5) is 11.4 Å². The van der Waals surface area contributed by atoms with Crippen LogP contribution in [-0.4, -0.2) is 23.2 Å². The van der Waals surface area contributed by atoms with E-state index in [4.69, 9.17) is 4.99 Å². The first-order valence-corrected chi connectivity index (χ1v) is 6.77. The van der Waals surface area contributed by atoms with Crippen LogP contribution in [0, 0.1) is 17.0 Å². The molecule has 1 atom stereocenters. The van der Waals surface area contributed by atoms with Crippen molar-refractivity contribution in [3.05, 3.63) is 69.8 Å². The molecule has 1 unspecified atom stereocenters. The molecule has 1 heterocycles. The van der Waals surface area contributed by atoms with Crippen molar-refractivity contribution in [3.63, 3.8) is 0 Å². The van der Waals surface area contributed by atoms with Crippen LogP contribution in [0.5, 0.6) is 0 Å². The van der Waals surface area contributed by atoms with Gasteiger partial charge in [-0.05, 0) is 24.1 Å². The first-order chi connectivity index (χ1) is 10.1. The normalized spacial score (nSPS) is 17.6. The summed E-state index contributed by atoms with van der Waals surface area (Å²) in [7, 11) is 0. The Morgan fingerprint density at radius 2 is 2.00 bits per heavy atom. The molecule has 0 aliphatic carbocycles. The highest BCUT2D eigenvalue weighted by atomic mass is 16.6. The Morgan fingerprint density at radius 1 is 1.29 bits per heavy atom. The van der Waals surface area contributed by atoms with Gasteiger partial charge in [-0.15, -0.1) is 0 Å². The summed E-state index contributed by atoms with van der Waals surface area (Å²) in [6.45, 7) is 2.76. The number of hydrogen-bond donors (Lipinski definition) is 1. The van der Waals surface area contributed by atoms with E-state index in [2.05, 4.69) is 5.32 Å². The Morgan fingerprint density at radius 3 is 2.57 bits per heavy atom. The average Bonchev–Trinajstić information content (AvgIpc) is 3.31. The second-order valence-electron chi connectivity index (χ2n) is 5.05. The number of nitrogens with one attached hydrogen (secondary N) is 1. The molecule has 2 aromatic carbocycles. The van der Waals surface area contributed by atoms with Crippen molar-refractivity contribution < 1.29 is 4.92 Å². The van der Waals surface area contributed by atoms with Crippen molar-refractivity contribution in [3.8, 4) is 0 Å². The minimum absolute atomic E-state index is 0.0947. The van der Waals surface area contributed by atoms with Gasteiger partial charge in [0.05, 0.1) is 22.4 Å². The molecule has 1 fully saturated rings. The summed E-state index contributed by atoms with van der Waals surface area (Å²) in [6, 6.07) is 15.0. The van der Waals surface area contributed by atoms with Gasteiger partial charge < -0.3 is 5.32 Å². The molecule has 0 bridgehead atoms. The molecule has 0 spiro atoms. The highest BCUT2D eigenvalue weighted by molar-refractivity contribution is 6.07. The van der Waals surface area contributed by atoms with Crippen LogP contribution in [0.1, 0.15) is 11.1 Å². The monoisotopic (exact) mass is 281 g/mol. The van der Waals surface area contributed by atoms with E-state index in [0.717, 1.165) is 29.1 Å². The molecule has 5 nitrogen and oxygen atoms in total. The Bertz CT molecular complexity index is 707. The van der Waals surface area contributed by atoms with Crippen molar-refractivity contribution >= 4 is 17.1 Å². The molecule has 0 radical (unpaired) electrons. The van der Waals surface area contributed by atoms with Gasteiger partial charge in [-0.3, -0.25) is 15.1 Å². The van der Waals surface area contributed by atoms with E-state index in [0.29, 0.717) is 0 Å². The molecule has 1 aliphatic heterocycles. The van der Waals surface area contributed by atoms with Gasteiger partial charge in [0.25, 0.3) is 5.69 Å². The zero-order valence-corrected chi connectivity index (χ0v) is 11.6. The highest BCUT2D eigenvalue weighted by Gasteiger charge is 2.27. The lowest BCUT2D eigenvalue weighted by Crippen LogP contribution is -2.11. The predicted octanol–water partition coefficient (Wildman–Crippen LogP) is 3.00. The summed E-state index contributed by atoms with van der Waals surface area (Å²) in [5, 5.41) is 14.0. The van der Waals surface area contributed by atoms with Crippen molar-refractivity contribution in [2.45, 2.75) is 13.0 Å². The summed E-state index contributed by atoms with van der Waals surface area (Å²) in [4.78, 5) is 15.1. The molecule has 106 valence electrons. The van der Waals surface area contributed by atoms with Gasteiger partial charge in [-0.2, -0.15) is 0 Å². The number of aliphatic imine (C=N–C) groups is 1. The molecule has 0 saturated carbocycles. The number of aryl methyl sites for hydroxylation is 1. The fourth-order valence-corrected chi connectivity index (χ4v) is 2.21. The summed E-state index contributed by atoms with van der Waals surface area (Å²) < 4.78 is 0. The van der Waals surface area contributed by atoms with Crippen molar-refractivity contribution in [2.24, 2.45) is 4.99 Å². The van der Waals surface area contributed by atoms with Crippen LogP contribution in [-0.2, 0) is 0 Å². The molecule has 0 aromatic heterocycles. The second-order valence-corrected chi connectivity index (χ2v) is 5.05. The predicted molar refractivity (Wildman–Crippen MR) is 82.3 cm³/mol. The largest absolute Gasteiger partial charge is 0.306 e. The Kier molecular flexibility index (Phi) is 3.50. The maximum Gasteiger partial charge on any atom is 0.269 e. The third-order valence-electron chi connectivity index (χ3n) is 3.44. The zero-order valence-electron chi connectivity index (χ0n) is 11.6. The van der Waals surface area contributed by atoms with Gasteiger partial charge >= 0.3 is 0 Å². The number of rotatable bonds is 4. The molecule has 2 aromatic rings. The molecular weight excluding hydrogens is 266 g/mol. The first-order valence-electron chi connectivity index (χ1n) is 6.77. The molecule has 1 N–H and O–H groups in total. The summed E-state index contributed by atoms with van der Waals surface area (Å²) in [5.41, 5.74) is 3.72. The second kappa shape index (κ2) is 5.46. The summed E-state index contributed by atoms with van der Waals surface area (Å²) in [5.74, 6) is 0. The van der Waals surface area contributed by atoms with E-state index in [1.54, 1.807) is 12.1 Å². The minimum Gasteiger partial charge on any atom is -0.306 e. The number of nitro groups is 1. The van der Waals surface area contributed by atoms with Crippen LogP contribution in [0.15, 0.2) is 53.5 Å². The third-order valence-corrected chi connectivity index (χ3v) is 3.44. The van der Waals surface area contributed by atoms with E-state index in [-0.39, 0.29) is 16.7 Å². The van der Waals surface area contributed by atoms with Gasteiger partial charge in [-0.1, -0.05) is 30.3 Å². The maximum atomic E-state index is 10.8. The summed E-state index contributed by atoms with van der Waals surface area (Å²) in [6.07, 6.45) is 0. The molecule has 1 saturated heterocycles. The average molecular weight is 281 g/mol. The smallest absolute Gasteiger partial charge is 0.269 e. The number of hydrogen-bond acceptors (Lipinski definition) is 4. The van der Waals surface area contributed by atoms with E-state index in [1.165, 1.54) is 6.07 Å². The number of non-ortho nitro benzene ring substituents is 1. The molecule has 5 heteroatoms. The molecule has 0 amide bonds. The van der Waals surface area contributed by atoms with Crippen LogP contribution in [0.25, 0.3) is 0 Å². The van der Waals surface area contributed by atoms with E-state index < -0.39 is 0 Å². The zero-order chi connectivity index (χ0) is 14.8. The van der Waals surface area contributed by atoms with Gasteiger partial charge in [0.2, 0.25) is 0 Å². The Balaban J connectivity index is 2.00. The molecule has 21 heavy (non-hydrogen) atoms. The fourth-order valence-electron chi connectivity index (χ4n) is 2.21. The lowest BCUT2D eigenvalue weighted by molar-refractivity contribution is -0.384. The topological polar surface area (TPSA) is 77.4 Å².